The maximum absolute atomic E-state index is 12.0. The third-order valence-electron chi connectivity index (χ3n) is 5.44. The lowest BCUT2D eigenvalue weighted by molar-refractivity contribution is -0.900. The molecule has 8 heteroatoms. The molecule has 2 aromatic rings. The normalized spacial score (nSPS) is 14.9. The number of nitrogens with zero attached hydrogens (tertiary/aromatic N) is 3. The van der Waals surface area contributed by atoms with Crippen molar-refractivity contribution in [2.45, 2.75) is 6.42 Å². The first kappa shape index (κ1) is 20.0. The van der Waals surface area contributed by atoms with Crippen molar-refractivity contribution in [1.82, 2.24) is 9.13 Å². The van der Waals surface area contributed by atoms with Crippen LogP contribution in [0.3, 0.4) is 0 Å². The van der Waals surface area contributed by atoms with Crippen LogP contribution in [0.15, 0.2) is 39.9 Å². The molecule has 0 spiro atoms. The zero-order chi connectivity index (χ0) is 20.1. The molecule has 0 amide bonds. The van der Waals surface area contributed by atoms with E-state index in [4.69, 9.17) is 4.74 Å². The molecule has 0 atom stereocenters. The summed E-state index contributed by atoms with van der Waals surface area (Å²) >= 11 is 0. The SMILES string of the molecule is COc1ccccc1N1CC[NH+](CCCNc2cc(=O)n(C)c(=O)n2C)CC1. The first-order valence-electron chi connectivity index (χ1n) is 9.73. The molecule has 28 heavy (non-hydrogen) atoms. The Morgan fingerprint density at radius 3 is 2.54 bits per heavy atom. The van der Waals surface area contributed by atoms with Crippen LogP contribution in [0.4, 0.5) is 11.5 Å². The van der Waals surface area contributed by atoms with Gasteiger partial charge in [-0.2, -0.15) is 0 Å². The van der Waals surface area contributed by atoms with Crippen LogP contribution < -0.4 is 31.1 Å². The van der Waals surface area contributed by atoms with E-state index in [2.05, 4.69) is 16.3 Å². The van der Waals surface area contributed by atoms with Gasteiger partial charge in [0.2, 0.25) is 0 Å². The highest BCUT2D eigenvalue weighted by Gasteiger charge is 2.21. The maximum atomic E-state index is 12.0. The van der Waals surface area contributed by atoms with Crippen LogP contribution >= 0.6 is 0 Å². The number of hydrogen-bond acceptors (Lipinski definition) is 5. The molecule has 0 radical (unpaired) electrons. The van der Waals surface area contributed by atoms with Gasteiger partial charge in [0.15, 0.2) is 0 Å². The molecule has 2 heterocycles. The van der Waals surface area contributed by atoms with Crippen molar-refractivity contribution in [2.75, 3.05) is 56.6 Å². The van der Waals surface area contributed by atoms with E-state index < -0.39 is 0 Å². The van der Waals surface area contributed by atoms with E-state index >= 15 is 0 Å². The van der Waals surface area contributed by atoms with E-state index in [9.17, 15) is 9.59 Å². The first-order valence-corrected chi connectivity index (χ1v) is 9.73. The lowest BCUT2D eigenvalue weighted by atomic mass is 10.2. The molecule has 2 N–H and O–H groups in total. The summed E-state index contributed by atoms with van der Waals surface area (Å²) in [6, 6.07) is 9.63. The maximum Gasteiger partial charge on any atom is 0.332 e. The number of ether oxygens (including phenoxy) is 1. The number of aromatic nitrogens is 2. The molecule has 1 saturated heterocycles. The van der Waals surface area contributed by atoms with Gasteiger partial charge in [-0.15, -0.1) is 0 Å². The molecular formula is C20H30N5O3+. The minimum atomic E-state index is -0.312. The molecule has 1 aromatic heterocycles. The molecule has 1 aromatic carbocycles. The smallest absolute Gasteiger partial charge is 0.332 e. The fourth-order valence-corrected chi connectivity index (χ4v) is 3.66. The number of piperazine rings is 1. The zero-order valence-electron chi connectivity index (χ0n) is 16.9. The molecule has 152 valence electrons. The van der Waals surface area contributed by atoms with Gasteiger partial charge in [-0.05, 0) is 12.1 Å². The fourth-order valence-electron chi connectivity index (χ4n) is 3.66. The average molecular weight is 388 g/mol. The van der Waals surface area contributed by atoms with Crippen molar-refractivity contribution in [3.8, 4) is 5.75 Å². The Labute approximate surface area is 164 Å². The van der Waals surface area contributed by atoms with E-state index in [-0.39, 0.29) is 11.2 Å². The number of anilines is 2. The van der Waals surface area contributed by atoms with Crippen molar-refractivity contribution in [3.63, 3.8) is 0 Å². The van der Waals surface area contributed by atoms with Gasteiger partial charge < -0.3 is 19.9 Å². The second-order valence-corrected chi connectivity index (χ2v) is 7.21. The fraction of sp³-hybridized carbons (Fsp3) is 0.500. The minimum absolute atomic E-state index is 0.288. The summed E-state index contributed by atoms with van der Waals surface area (Å²) in [6.45, 7) is 5.98. The predicted molar refractivity (Wildman–Crippen MR) is 111 cm³/mol. The Morgan fingerprint density at radius 1 is 1.11 bits per heavy atom. The molecule has 0 aliphatic carbocycles. The molecule has 0 unspecified atom stereocenters. The summed E-state index contributed by atoms with van der Waals surface area (Å²) < 4.78 is 8.06. The first-order chi connectivity index (χ1) is 13.5. The third kappa shape index (κ3) is 4.39. The van der Waals surface area contributed by atoms with Crippen molar-refractivity contribution in [1.29, 1.82) is 0 Å². The number of rotatable bonds is 7. The van der Waals surface area contributed by atoms with Crippen LogP contribution in [-0.2, 0) is 14.1 Å². The van der Waals surface area contributed by atoms with E-state index in [1.54, 1.807) is 19.1 Å². The lowest BCUT2D eigenvalue weighted by Crippen LogP contribution is -3.14. The van der Waals surface area contributed by atoms with Crippen LogP contribution in [-0.4, -0.2) is 55.5 Å². The molecule has 8 nitrogen and oxygen atoms in total. The lowest BCUT2D eigenvalue weighted by Gasteiger charge is -2.34. The number of para-hydroxylation sites is 2. The third-order valence-corrected chi connectivity index (χ3v) is 5.44. The number of hydrogen-bond donors (Lipinski definition) is 2. The highest BCUT2D eigenvalue weighted by atomic mass is 16.5. The summed E-state index contributed by atoms with van der Waals surface area (Å²) in [5, 5.41) is 3.22. The topological polar surface area (TPSA) is 72.9 Å². The van der Waals surface area contributed by atoms with Crippen LogP contribution in [0.5, 0.6) is 5.75 Å². The summed E-state index contributed by atoms with van der Waals surface area (Å²) in [7, 11) is 4.88. The van der Waals surface area contributed by atoms with Gasteiger partial charge >= 0.3 is 5.69 Å². The summed E-state index contributed by atoms with van der Waals surface area (Å²) in [5.41, 5.74) is 0.564. The molecule has 3 rings (SSSR count). The molecule has 0 saturated carbocycles. The Hall–Kier alpha value is -2.74. The Balaban J connectivity index is 1.45. The van der Waals surface area contributed by atoms with Crippen molar-refractivity contribution < 1.29 is 9.64 Å². The van der Waals surface area contributed by atoms with E-state index in [1.165, 1.54) is 17.7 Å². The Morgan fingerprint density at radius 2 is 1.82 bits per heavy atom. The molecule has 1 aliphatic heterocycles. The highest BCUT2D eigenvalue weighted by molar-refractivity contribution is 5.58. The quantitative estimate of drug-likeness (QED) is 0.614. The summed E-state index contributed by atoms with van der Waals surface area (Å²) in [6.07, 6.45) is 0.980. The molecular weight excluding hydrogens is 358 g/mol. The predicted octanol–water partition coefficient (Wildman–Crippen LogP) is -0.700. The van der Waals surface area contributed by atoms with Crippen LogP contribution in [0, 0.1) is 0 Å². The van der Waals surface area contributed by atoms with Gasteiger partial charge in [-0.1, -0.05) is 12.1 Å². The Bertz CT molecular complexity index is 913. The number of nitrogens with one attached hydrogen (secondary N) is 2. The number of quaternary nitrogens is 1. The molecule has 1 aliphatic rings. The van der Waals surface area contributed by atoms with Gasteiger partial charge in [-0.25, -0.2) is 4.79 Å². The standard InChI is InChI=1S/C20H29N5O3/c1-22-18(15-19(26)23(2)20(22)27)21-9-6-10-24-11-13-25(14-12-24)16-7-4-5-8-17(16)28-3/h4-5,7-8,15,21H,6,9-14H2,1-3H3/p+1. The summed E-state index contributed by atoms with van der Waals surface area (Å²) in [4.78, 5) is 27.7. The van der Waals surface area contributed by atoms with E-state index in [0.29, 0.717) is 5.82 Å². The van der Waals surface area contributed by atoms with Gasteiger partial charge in [0.05, 0.1) is 45.5 Å². The number of methoxy groups -OCH3 is 1. The Kier molecular flexibility index (Phi) is 6.41. The van der Waals surface area contributed by atoms with Crippen molar-refractivity contribution in [3.05, 3.63) is 51.2 Å². The van der Waals surface area contributed by atoms with Crippen LogP contribution in [0.2, 0.25) is 0 Å². The van der Waals surface area contributed by atoms with Gasteiger partial charge in [-0.3, -0.25) is 13.9 Å². The van der Waals surface area contributed by atoms with Crippen molar-refractivity contribution >= 4 is 11.5 Å². The van der Waals surface area contributed by atoms with Gasteiger partial charge in [0.25, 0.3) is 5.56 Å². The van der Waals surface area contributed by atoms with Gasteiger partial charge in [0.1, 0.15) is 11.6 Å². The van der Waals surface area contributed by atoms with Crippen LogP contribution in [0.1, 0.15) is 6.42 Å². The van der Waals surface area contributed by atoms with E-state index in [1.807, 2.05) is 18.2 Å². The second-order valence-electron chi connectivity index (χ2n) is 7.21. The average Bonchev–Trinajstić information content (AvgIpc) is 2.73. The van der Waals surface area contributed by atoms with Gasteiger partial charge in [0, 0.05) is 33.1 Å². The van der Waals surface area contributed by atoms with Crippen molar-refractivity contribution in [2.24, 2.45) is 14.1 Å². The zero-order valence-corrected chi connectivity index (χ0v) is 16.9. The largest absolute Gasteiger partial charge is 0.495 e. The summed E-state index contributed by atoms with van der Waals surface area (Å²) in [5.74, 6) is 1.50. The second kappa shape index (κ2) is 8.97. The van der Waals surface area contributed by atoms with Crippen LogP contribution in [0.25, 0.3) is 0 Å². The van der Waals surface area contributed by atoms with E-state index in [0.717, 1.165) is 61.7 Å². The molecule has 0 bridgehead atoms. The number of benzene rings is 1. The highest BCUT2D eigenvalue weighted by Crippen LogP contribution is 2.27. The monoisotopic (exact) mass is 388 g/mol. The minimum Gasteiger partial charge on any atom is -0.495 e. The molecule has 1 fully saturated rings.